The summed E-state index contributed by atoms with van der Waals surface area (Å²) >= 11 is 0. The van der Waals surface area contributed by atoms with Crippen molar-refractivity contribution in [3.8, 4) is 5.69 Å². The summed E-state index contributed by atoms with van der Waals surface area (Å²) in [6, 6.07) is 6.73. The van der Waals surface area contributed by atoms with Gasteiger partial charge >= 0.3 is 0 Å². The van der Waals surface area contributed by atoms with Crippen molar-refractivity contribution in [3.05, 3.63) is 35.7 Å². The average Bonchev–Trinajstić information content (AvgIpc) is 2.78. The molecule has 2 aromatic rings. The molecular formula is C10H12N6O. The van der Waals surface area contributed by atoms with Gasteiger partial charge in [0.05, 0.1) is 5.69 Å². The number of nitrogens with two attached hydrogens (primary N) is 2. The van der Waals surface area contributed by atoms with Crippen LogP contribution in [0.4, 0.5) is 0 Å². The monoisotopic (exact) mass is 232 g/mol. The van der Waals surface area contributed by atoms with Crippen LogP contribution in [0.5, 0.6) is 0 Å². The van der Waals surface area contributed by atoms with Crippen molar-refractivity contribution in [3.63, 3.8) is 0 Å². The molecule has 2 rings (SSSR count). The zero-order valence-electron chi connectivity index (χ0n) is 9.08. The minimum atomic E-state index is -0.463. The van der Waals surface area contributed by atoms with Crippen LogP contribution in [0, 0.1) is 0 Å². The molecule has 0 atom stereocenters. The molecule has 0 fully saturated rings. The van der Waals surface area contributed by atoms with Gasteiger partial charge in [0.1, 0.15) is 0 Å². The lowest BCUT2D eigenvalue weighted by Crippen LogP contribution is -2.12. The van der Waals surface area contributed by atoms with Gasteiger partial charge in [-0.1, -0.05) is 0 Å². The summed E-state index contributed by atoms with van der Waals surface area (Å²) in [6.07, 6.45) is 0.588. The average molecular weight is 232 g/mol. The molecule has 17 heavy (non-hydrogen) atoms. The molecule has 1 aromatic heterocycles. The minimum Gasteiger partial charge on any atom is -0.366 e. The molecule has 1 amide bonds. The zero-order chi connectivity index (χ0) is 12.3. The molecule has 7 heteroatoms. The van der Waals surface area contributed by atoms with Crippen LogP contribution in [-0.2, 0) is 6.42 Å². The first-order valence-electron chi connectivity index (χ1n) is 5.10. The van der Waals surface area contributed by atoms with E-state index in [2.05, 4.69) is 15.5 Å². The van der Waals surface area contributed by atoms with Gasteiger partial charge in [0.15, 0.2) is 5.82 Å². The van der Waals surface area contributed by atoms with E-state index in [0.717, 1.165) is 5.69 Å². The van der Waals surface area contributed by atoms with Gasteiger partial charge in [-0.05, 0) is 41.2 Å². The Morgan fingerprint density at radius 2 is 2.00 bits per heavy atom. The SMILES string of the molecule is NCCc1nnnn1-c1ccc(C(N)=O)cc1. The first-order valence-corrected chi connectivity index (χ1v) is 5.10. The lowest BCUT2D eigenvalue weighted by molar-refractivity contribution is 0.100. The van der Waals surface area contributed by atoms with Crippen LogP contribution in [0.2, 0.25) is 0 Å². The number of hydrogen-bond acceptors (Lipinski definition) is 5. The van der Waals surface area contributed by atoms with Gasteiger partial charge in [0.2, 0.25) is 5.91 Å². The number of rotatable bonds is 4. The molecule has 0 bridgehead atoms. The molecule has 0 saturated carbocycles. The van der Waals surface area contributed by atoms with E-state index in [9.17, 15) is 4.79 Å². The Morgan fingerprint density at radius 3 is 2.59 bits per heavy atom. The third kappa shape index (κ3) is 2.28. The second kappa shape index (κ2) is 4.71. The maximum atomic E-state index is 10.9. The summed E-state index contributed by atoms with van der Waals surface area (Å²) in [7, 11) is 0. The number of amides is 1. The number of carbonyl (C=O) groups is 1. The van der Waals surface area contributed by atoms with Crippen LogP contribution in [0.15, 0.2) is 24.3 Å². The third-order valence-electron chi connectivity index (χ3n) is 2.30. The number of carbonyl (C=O) groups excluding carboxylic acids is 1. The van der Waals surface area contributed by atoms with Gasteiger partial charge < -0.3 is 11.5 Å². The standard InChI is InChI=1S/C10H12N6O/c11-6-5-9-13-14-15-16(9)8-3-1-7(2-4-8)10(12)17/h1-4H,5-6,11H2,(H2,12,17). The summed E-state index contributed by atoms with van der Waals surface area (Å²) in [4.78, 5) is 10.9. The van der Waals surface area contributed by atoms with Gasteiger partial charge in [0.25, 0.3) is 0 Å². The van der Waals surface area contributed by atoms with Crippen molar-refractivity contribution in [1.29, 1.82) is 0 Å². The van der Waals surface area contributed by atoms with Crippen LogP contribution < -0.4 is 11.5 Å². The topological polar surface area (TPSA) is 113 Å². The molecule has 1 aromatic carbocycles. The molecule has 1 heterocycles. The third-order valence-corrected chi connectivity index (χ3v) is 2.30. The molecule has 0 spiro atoms. The first kappa shape index (κ1) is 11.2. The Hall–Kier alpha value is -2.28. The van der Waals surface area contributed by atoms with E-state index >= 15 is 0 Å². The van der Waals surface area contributed by atoms with Crippen LogP contribution in [-0.4, -0.2) is 32.7 Å². The van der Waals surface area contributed by atoms with Crippen molar-refractivity contribution in [2.45, 2.75) is 6.42 Å². The van der Waals surface area contributed by atoms with E-state index in [0.29, 0.717) is 24.4 Å². The quantitative estimate of drug-likeness (QED) is 0.721. The second-order valence-corrected chi connectivity index (χ2v) is 3.46. The van der Waals surface area contributed by atoms with Gasteiger partial charge in [-0.3, -0.25) is 4.79 Å². The molecule has 88 valence electrons. The number of aromatic nitrogens is 4. The van der Waals surface area contributed by atoms with E-state index in [-0.39, 0.29) is 0 Å². The lowest BCUT2D eigenvalue weighted by atomic mass is 10.2. The smallest absolute Gasteiger partial charge is 0.248 e. The van der Waals surface area contributed by atoms with Gasteiger partial charge in [-0.2, -0.15) is 4.68 Å². The Morgan fingerprint density at radius 1 is 1.29 bits per heavy atom. The van der Waals surface area contributed by atoms with Crippen molar-refractivity contribution < 1.29 is 4.79 Å². The Balaban J connectivity index is 2.33. The highest BCUT2D eigenvalue weighted by Gasteiger charge is 2.07. The fourth-order valence-corrected chi connectivity index (χ4v) is 1.46. The minimum absolute atomic E-state index is 0.446. The molecule has 7 nitrogen and oxygen atoms in total. The van der Waals surface area contributed by atoms with Gasteiger partial charge in [-0.15, -0.1) is 5.10 Å². The maximum Gasteiger partial charge on any atom is 0.248 e. The van der Waals surface area contributed by atoms with E-state index in [1.165, 1.54) is 0 Å². The van der Waals surface area contributed by atoms with Crippen molar-refractivity contribution in [2.24, 2.45) is 11.5 Å². The van der Waals surface area contributed by atoms with E-state index in [4.69, 9.17) is 11.5 Å². The molecule has 0 saturated heterocycles. The number of tetrazole rings is 1. The molecule has 0 aliphatic heterocycles. The van der Waals surface area contributed by atoms with Crippen LogP contribution in [0.3, 0.4) is 0 Å². The molecule has 0 aliphatic carbocycles. The number of benzene rings is 1. The van der Waals surface area contributed by atoms with E-state index in [1.807, 2.05) is 0 Å². The molecular weight excluding hydrogens is 220 g/mol. The molecule has 0 aliphatic rings. The van der Waals surface area contributed by atoms with Crippen LogP contribution >= 0.6 is 0 Å². The maximum absolute atomic E-state index is 10.9. The highest BCUT2D eigenvalue weighted by molar-refractivity contribution is 5.92. The highest BCUT2D eigenvalue weighted by Crippen LogP contribution is 2.09. The largest absolute Gasteiger partial charge is 0.366 e. The number of hydrogen-bond donors (Lipinski definition) is 2. The molecule has 0 radical (unpaired) electrons. The summed E-state index contributed by atoms with van der Waals surface area (Å²) < 4.78 is 1.58. The Kier molecular flexibility index (Phi) is 3.10. The molecule has 4 N–H and O–H groups in total. The first-order chi connectivity index (χ1) is 8.22. The predicted octanol–water partition coefficient (Wildman–Crippen LogP) is -0.738. The van der Waals surface area contributed by atoms with Crippen molar-refractivity contribution in [1.82, 2.24) is 20.2 Å². The second-order valence-electron chi connectivity index (χ2n) is 3.46. The number of nitrogens with zero attached hydrogens (tertiary/aromatic N) is 4. The summed E-state index contributed by atoms with van der Waals surface area (Å²) in [5.41, 5.74) is 11.8. The normalized spacial score (nSPS) is 10.4. The van der Waals surface area contributed by atoms with Crippen LogP contribution in [0.25, 0.3) is 5.69 Å². The lowest BCUT2D eigenvalue weighted by Gasteiger charge is -2.03. The molecule has 0 unspecified atom stereocenters. The van der Waals surface area contributed by atoms with Crippen molar-refractivity contribution >= 4 is 5.91 Å². The van der Waals surface area contributed by atoms with Crippen LogP contribution in [0.1, 0.15) is 16.2 Å². The Labute approximate surface area is 97.4 Å². The predicted molar refractivity (Wildman–Crippen MR) is 60.4 cm³/mol. The van der Waals surface area contributed by atoms with E-state index < -0.39 is 5.91 Å². The summed E-state index contributed by atoms with van der Waals surface area (Å²) in [5, 5.41) is 11.3. The Bertz CT molecular complexity index is 518. The fraction of sp³-hybridized carbons (Fsp3) is 0.200. The zero-order valence-corrected chi connectivity index (χ0v) is 9.08. The van der Waals surface area contributed by atoms with Gasteiger partial charge in [0, 0.05) is 12.0 Å². The fourth-order valence-electron chi connectivity index (χ4n) is 1.46. The van der Waals surface area contributed by atoms with Gasteiger partial charge in [-0.25, -0.2) is 0 Å². The summed E-state index contributed by atoms with van der Waals surface area (Å²) in [5.74, 6) is 0.217. The van der Waals surface area contributed by atoms with Crippen molar-refractivity contribution in [2.75, 3.05) is 6.54 Å². The number of primary amides is 1. The summed E-state index contributed by atoms with van der Waals surface area (Å²) in [6.45, 7) is 0.472. The van der Waals surface area contributed by atoms with E-state index in [1.54, 1.807) is 28.9 Å². The highest BCUT2D eigenvalue weighted by atomic mass is 16.1.